The van der Waals surface area contributed by atoms with Gasteiger partial charge in [-0.2, -0.15) is 5.10 Å². The first kappa shape index (κ1) is 27.6. The number of hydrogen-bond acceptors (Lipinski definition) is 10. The van der Waals surface area contributed by atoms with Crippen molar-refractivity contribution in [3.05, 3.63) is 53.8 Å². The van der Waals surface area contributed by atoms with Gasteiger partial charge in [-0.1, -0.05) is 31.5 Å². The Morgan fingerprint density at radius 3 is 2.54 bits per heavy atom. The van der Waals surface area contributed by atoms with E-state index in [2.05, 4.69) is 55.5 Å². The van der Waals surface area contributed by atoms with Crippen LogP contribution in [0.25, 0.3) is 11.1 Å². The fourth-order valence-corrected chi connectivity index (χ4v) is 5.59. The maximum absolute atomic E-state index is 6.42. The third-order valence-corrected chi connectivity index (χ3v) is 7.85. The van der Waals surface area contributed by atoms with Gasteiger partial charge in [0.05, 0.1) is 42.2 Å². The Hall–Kier alpha value is -3.61. The predicted octanol–water partition coefficient (Wildman–Crippen LogP) is 5.17. The number of nitrogens with one attached hydrogen (secondary N) is 1. The van der Waals surface area contributed by atoms with E-state index in [0.717, 1.165) is 48.2 Å². The van der Waals surface area contributed by atoms with Gasteiger partial charge in [0.25, 0.3) is 0 Å². The van der Waals surface area contributed by atoms with Gasteiger partial charge in [0, 0.05) is 37.0 Å². The molecule has 2 fully saturated rings. The minimum Gasteiger partial charge on any atom is -0.487 e. The number of aromatic nitrogens is 8. The van der Waals surface area contributed by atoms with Crippen molar-refractivity contribution in [2.24, 2.45) is 0 Å². The number of anilines is 2. The summed E-state index contributed by atoms with van der Waals surface area (Å²) in [5.41, 5.74) is 3.64. The molecule has 1 spiro atoms. The van der Waals surface area contributed by atoms with Crippen molar-refractivity contribution in [1.82, 2.24) is 40.0 Å². The summed E-state index contributed by atoms with van der Waals surface area (Å²) in [4.78, 5) is 9.18. The molecule has 3 aromatic heterocycles. The number of nitrogens with zero attached hydrogens (tertiary/aromatic N) is 8. The summed E-state index contributed by atoms with van der Waals surface area (Å²) in [6, 6.07) is 5.93. The quantitative estimate of drug-likeness (QED) is 0.283. The largest absolute Gasteiger partial charge is 0.487 e. The second-order valence-corrected chi connectivity index (χ2v) is 11.3. The summed E-state index contributed by atoms with van der Waals surface area (Å²) in [7, 11) is 0. The zero-order chi connectivity index (χ0) is 28.4. The van der Waals surface area contributed by atoms with Crippen LogP contribution < -0.4 is 10.1 Å². The van der Waals surface area contributed by atoms with E-state index in [1.807, 2.05) is 25.1 Å². The Morgan fingerprint density at radius 2 is 1.85 bits per heavy atom. The molecule has 1 saturated carbocycles. The van der Waals surface area contributed by atoms with Gasteiger partial charge in [-0.15, -0.1) is 5.10 Å². The van der Waals surface area contributed by atoms with Crippen molar-refractivity contribution in [2.45, 2.75) is 76.9 Å². The Kier molecular flexibility index (Phi) is 7.87. The standard InChI is InChI=1S/C28H34ClN9O3/c1-18(2)26-24(16-38(34-26)22-6-8-28(9-7-22)39-10-11-40-28)33-27-30-13-21(14-31-27)20-4-5-23(29)25(12-20)41-19(3)15-37-17-32-35-36-37/h4-5,12-14,16-19,22H,6-11,15H2,1-3H3,(H,30,31,33)/t19-/m0/s1. The maximum Gasteiger partial charge on any atom is 0.227 e. The monoisotopic (exact) mass is 579 g/mol. The van der Waals surface area contributed by atoms with Crippen molar-refractivity contribution in [1.29, 1.82) is 0 Å². The van der Waals surface area contributed by atoms with E-state index < -0.39 is 0 Å². The highest BCUT2D eigenvalue weighted by atomic mass is 35.5. The van der Waals surface area contributed by atoms with Gasteiger partial charge < -0.3 is 19.5 Å². The molecule has 1 aromatic carbocycles. The number of rotatable bonds is 9. The van der Waals surface area contributed by atoms with Gasteiger partial charge in [-0.3, -0.25) is 4.68 Å². The zero-order valence-corrected chi connectivity index (χ0v) is 24.2. The average molecular weight is 580 g/mol. The number of tetrazole rings is 1. The molecule has 0 amide bonds. The lowest BCUT2D eigenvalue weighted by molar-refractivity contribution is -0.181. The third kappa shape index (κ3) is 6.19. The second kappa shape index (κ2) is 11.7. The summed E-state index contributed by atoms with van der Waals surface area (Å²) in [6.07, 6.45) is 10.7. The lowest BCUT2D eigenvalue weighted by Crippen LogP contribution is -2.35. The van der Waals surface area contributed by atoms with Crippen molar-refractivity contribution < 1.29 is 14.2 Å². The first-order valence-corrected chi connectivity index (χ1v) is 14.4. The molecule has 0 unspecified atom stereocenters. The molecule has 1 aliphatic heterocycles. The van der Waals surface area contributed by atoms with Crippen LogP contribution in [-0.2, 0) is 16.0 Å². The second-order valence-electron chi connectivity index (χ2n) is 10.9. The molecule has 1 atom stereocenters. The van der Waals surface area contributed by atoms with Gasteiger partial charge in [0.2, 0.25) is 5.95 Å². The molecule has 1 aliphatic carbocycles. The predicted molar refractivity (Wildman–Crippen MR) is 152 cm³/mol. The van der Waals surface area contributed by atoms with Gasteiger partial charge in [-0.05, 0) is 53.8 Å². The van der Waals surface area contributed by atoms with Gasteiger partial charge in [-0.25, -0.2) is 14.6 Å². The number of hydrogen-bond donors (Lipinski definition) is 1. The fraction of sp³-hybridized carbons (Fsp3) is 0.500. The van der Waals surface area contributed by atoms with E-state index in [1.54, 1.807) is 23.4 Å². The number of ether oxygens (including phenoxy) is 3. The van der Waals surface area contributed by atoms with Gasteiger partial charge in [0.1, 0.15) is 18.2 Å². The Morgan fingerprint density at radius 1 is 1.10 bits per heavy atom. The van der Waals surface area contributed by atoms with Crippen LogP contribution in [0.3, 0.4) is 0 Å². The lowest BCUT2D eigenvalue weighted by atomic mass is 9.90. The van der Waals surface area contributed by atoms with Crippen LogP contribution in [0, 0.1) is 0 Å². The topological polar surface area (TPSA) is 127 Å². The molecule has 4 aromatic rings. The lowest BCUT2D eigenvalue weighted by Gasteiger charge is -2.35. The third-order valence-electron chi connectivity index (χ3n) is 7.54. The molecular formula is C28H34ClN9O3. The minimum absolute atomic E-state index is 0.191. The molecule has 6 rings (SSSR count). The van der Waals surface area contributed by atoms with E-state index in [1.165, 1.54) is 0 Å². The van der Waals surface area contributed by atoms with Crippen molar-refractivity contribution in [3.63, 3.8) is 0 Å². The molecule has 4 heterocycles. The summed E-state index contributed by atoms with van der Waals surface area (Å²) in [5, 5.41) is 20.1. The Bertz CT molecular complexity index is 1440. The molecule has 1 N–H and O–H groups in total. The molecule has 41 heavy (non-hydrogen) atoms. The molecule has 1 saturated heterocycles. The van der Waals surface area contributed by atoms with Gasteiger partial charge in [0.15, 0.2) is 5.79 Å². The first-order valence-electron chi connectivity index (χ1n) is 14.0. The van der Waals surface area contributed by atoms with E-state index >= 15 is 0 Å². The fourth-order valence-electron chi connectivity index (χ4n) is 5.42. The number of benzene rings is 1. The summed E-state index contributed by atoms with van der Waals surface area (Å²) < 4.78 is 21.6. The highest BCUT2D eigenvalue weighted by Crippen LogP contribution is 2.41. The van der Waals surface area contributed by atoms with Gasteiger partial charge >= 0.3 is 0 Å². The molecule has 13 heteroatoms. The highest BCUT2D eigenvalue weighted by molar-refractivity contribution is 6.32. The van der Waals surface area contributed by atoms with Crippen LogP contribution in [0.4, 0.5) is 11.6 Å². The Labute approximate surface area is 243 Å². The van der Waals surface area contributed by atoms with Crippen LogP contribution in [0.1, 0.15) is 64.1 Å². The zero-order valence-electron chi connectivity index (χ0n) is 23.4. The van der Waals surface area contributed by atoms with E-state index in [9.17, 15) is 0 Å². The summed E-state index contributed by atoms with van der Waals surface area (Å²) >= 11 is 6.42. The van der Waals surface area contributed by atoms with Crippen molar-refractivity contribution in [2.75, 3.05) is 18.5 Å². The average Bonchev–Trinajstić information content (AvgIpc) is 3.73. The summed E-state index contributed by atoms with van der Waals surface area (Å²) in [6.45, 7) is 8.09. The van der Waals surface area contributed by atoms with Crippen molar-refractivity contribution >= 4 is 23.2 Å². The maximum atomic E-state index is 6.42. The molecule has 216 valence electrons. The molecule has 0 bridgehead atoms. The highest BCUT2D eigenvalue weighted by Gasteiger charge is 2.41. The van der Waals surface area contributed by atoms with Crippen molar-refractivity contribution in [3.8, 4) is 16.9 Å². The van der Waals surface area contributed by atoms with Crippen LogP contribution in [0.5, 0.6) is 5.75 Å². The smallest absolute Gasteiger partial charge is 0.227 e. The van der Waals surface area contributed by atoms with Crippen LogP contribution in [0.2, 0.25) is 5.02 Å². The van der Waals surface area contributed by atoms with E-state index in [-0.39, 0.29) is 17.8 Å². The molecular weight excluding hydrogens is 546 g/mol. The molecule has 12 nitrogen and oxygen atoms in total. The first-order chi connectivity index (χ1) is 19.9. The van der Waals surface area contributed by atoms with Crippen LogP contribution in [-0.4, -0.2) is 65.1 Å². The normalized spacial score (nSPS) is 17.8. The molecule has 0 radical (unpaired) electrons. The van der Waals surface area contributed by atoms with Crippen LogP contribution in [0.15, 0.2) is 43.1 Å². The summed E-state index contributed by atoms with van der Waals surface area (Å²) in [5.74, 6) is 0.934. The number of halogens is 1. The van der Waals surface area contributed by atoms with E-state index in [0.29, 0.717) is 42.5 Å². The SMILES string of the molecule is CC(C)c1nn(C2CCC3(CC2)OCCO3)cc1Nc1ncc(-c2ccc(Cl)c(O[C@@H](C)Cn3cnnn3)c2)cn1. The Balaban J connectivity index is 1.13. The van der Waals surface area contributed by atoms with Crippen LogP contribution >= 0.6 is 11.6 Å². The van der Waals surface area contributed by atoms with E-state index in [4.69, 9.17) is 30.9 Å². The molecule has 2 aliphatic rings. The minimum atomic E-state index is -0.383.